The zero-order valence-electron chi connectivity index (χ0n) is 16.0. The molecular weight excluding hydrogens is 379 g/mol. The number of benzene rings is 1. The van der Waals surface area contributed by atoms with Crippen LogP contribution in [0.2, 0.25) is 0 Å². The van der Waals surface area contributed by atoms with E-state index >= 15 is 0 Å². The van der Waals surface area contributed by atoms with Crippen LogP contribution >= 0.6 is 11.3 Å². The average Bonchev–Trinajstić information content (AvgIpc) is 3.37. The van der Waals surface area contributed by atoms with Crippen molar-refractivity contribution >= 4 is 16.5 Å². The lowest BCUT2D eigenvalue weighted by Gasteiger charge is -2.47. The molecule has 6 nitrogen and oxygen atoms in total. The second-order valence-corrected chi connectivity index (χ2v) is 8.94. The first-order valence-electron chi connectivity index (χ1n) is 9.88. The van der Waals surface area contributed by atoms with Crippen molar-refractivity contribution in [2.75, 3.05) is 44.8 Å². The van der Waals surface area contributed by atoms with Crippen LogP contribution in [0.5, 0.6) is 5.75 Å². The Morgan fingerprint density at radius 3 is 2.82 bits per heavy atom. The Kier molecular flexibility index (Phi) is 4.72. The molecule has 0 unspecified atom stereocenters. The van der Waals surface area contributed by atoms with Gasteiger partial charge in [0.05, 0.1) is 26.8 Å². The predicted octanol–water partition coefficient (Wildman–Crippen LogP) is 2.91. The van der Waals surface area contributed by atoms with E-state index in [2.05, 4.69) is 20.0 Å². The molecule has 3 saturated heterocycles. The molecule has 1 aromatic carbocycles. The van der Waals surface area contributed by atoms with E-state index in [0.717, 1.165) is 62.7 Å². The van der Waals surface area contributed by atoms with Crippen molar-refractivity contribution in [3.63, 3.8) is 0 Å². The van der Waals surface area contributed by atoms with E-state index in [9.17, 15) is 4.39 Å². The Hall–Kier alpha value is -1.77. The Morgan fingerprint density at radius 2 is 2.11 bits per heavy atom. The molecule has 0 N–H and O–H groups in total. The topological polar surface area (TPSA) is 50.7 Å². The molecule has 3 fully saturated rings. The van der Waals surface area contributed by atoms with Gasteiger partial charge in [-0.2, -0.15) is 0 Å². The average molecular weight is 405 g/mol. The summed E-state index contributed by atoms with van der Waals surface area (Å²) in [6.45, 7) is 4.75. The first kappa shape index (κ1) is 18.3. The van der Waals surface area contributed by atoms with Gasteiger partial charge < -0.3 is 14.4 Å². The zero-order valence-corrected chi connectivity index (χ0v) is 16.8. The first-order chi connectivity index (χ1) is 13.7. The molecule has 2 aromatic rings. The number of halogens is 1. The molecule has 150 valence electrons. The summed E-state index contributed by atoms with van der Waals surface area (Å²) in [7, 11) is 1.62. The molecule has 0 saturated carbocycles. The van der Waals surface area contributed by atoms with Gasteiger partial charge in [0.25, 0.3) is 0 Å². The van der Waals surface area contributed by atoms with Crippen molar-refractivity contribution in [1.29, 1.82) is 0 Å². The van der Waals surface area contributed by atoms with Gasteiger partial charge in [-0.1, -0.05) is 17.4 Å². The fourth-order valence-corrected chi connectivity index (χ4v) is 5.52. The molecular formula is C20H25FN4O2S. The summed E-state index contributed by atoms with van der Waals surface area (Å²) in [6, 6.07) is 5.42. The molecule has 3 aliphatic heterocycles. The third-order valence-corrected chi connectivity index (χ3v) is 7.20. The highest BCUT2D eigenvalue weighted by Gasteiger charge is 2.51. The number of likely N-dealkylation sites (tertiary alicyclic amines) is 1. The molecule has 3 aliphatic rings. The van der Waals surface area contributed by atoms with E-state index in [1.165, 1.54) is 6.07 Å². The normalized spacial score (nSPS) is 25.2. The third-order valence-electron chi connectivity index (χ3n) is 6.45. The summed E-state index contributed by atoms with van der Waals surface area (Å²) < 4.78 is 25.1. The molecule has 1 aromatic heterocycles. The molecule has 0 amide bonds. The SMILES string of the molecule is COc1cc(F)ccc1C1CCN([C@@H]2COC3(C2)CN(c2nncs2)C3)CC1. The van der Waals surface area contributed by atoms with Crippen molar-refractivity contribution in [1.82, 2.24) is 15.1 Å². The Balaban J connectivity index is 1.16. The van der Waals surface area contributed by atoms with E-state index < -0.39 is 0 Å². The first-order valence-corrected chi connectivity index (χ1v) is 10.8. The Labute approximate surface area is 168 Å². The lowest BCUT2D eigenvalue weighted by Crippen LogP contribution is -2.62. The summed E-state index contributed by atoms with van der Waals surface area (Å²) in [5, 5.41) is 9.07. The highest BCUT2D eigenvalue weighted by Crippen LogP contribution is 2.41. The number of rotatable bonds is 4. The van der Waals surface area contributed by atoms with Gasteiger partial charge in [0.2, 0.25) is 5.13 Å². The van der Waals surface area contributed by atoms with Gasteiger partial charge in [0.1, 0.15) is 22.7 Å². The van der Waals surface area contributed by atoms with Crippen molar-refractivity contribution in [2.45, 2.75) is 36.8 Å². The standard InChI is InChI=1S/C20H25FN4O2S/c1-26-18-8-15(21)2-3-17(18)14-4-6-24(7-5-14)16-9-20(27-10-16)11-25(12-20)19-23-22-13-28-19/h2-3,8,13-14,16H,4-7,9-12H2,1H3/t16-/m0/s1. The van der Waals surface area contributed by atoms with E-state index in [1.54, 1.807) is 30.0 Å². The van der Waals surface area contributed by atoms with Gasteiger partial charge in [-0.25, -0.2) is 4.39 Å². The van der Waals surface area contributed by atoms with Gasteiger partial charge in [-0.05, 0) is 49.9 Å². The maximum absolute atomic E-state index is 13.5. The van der Waals surface area contributed by atoms with Gasteiger partial charge in [0.15, 0.2) is 0 Å². The number of ether oxygens (including phenoxy) is 2. The van der Waals surface area contributed by atoms with Crippen LogP contribution in [-0.2, 0) is 4.74 Å². The zero-order chi connectivity index (χ0) is 19.1. The highest BCUT2D eigenvalue weighted by molar-refractivity contribution is 7.13. The largest absolute Gasteiger partial charge is 0.496 e. The van der Waals surface area contributed by atoms with Crippen molar-refractivity contribution in [2.24, 2.45) is 0 Å². The van der Waals surface area contributed by atoms with Crippen LogP contribution in [0.25, 0.3) is 0 Å². The van der Waals surface area contributed by atoms with Gasteiger partial charge in [-0.3, -0.25) is 4.90 Å². The molecule has 1 spiro atoms. The quantitative estimate of drug-likeness (QED) is 0.781. The fraction of sp³-hybridized carbons (Fsp3) is 0.600. The summed E-state index contributed by atoms with van der Waals surface area (Å²) in [5.41, 5.74) is 2.90. The number of anilines is 1. The molecule has 0 bridgehead atoms. The summed E-state index contributed by atoms with van der Waals surface area (Å²) in [4.78, 5) is 4.84. The third kappa shape index (κ3) is 3.27. The summed E-state index contributed by atoms with van der Waals surface area (Å²) in [5.74, 6) is 0.863. The second-order valence-electron chi connectivity index (χ2n) is 8.13. The summed E-state index contributed by atoms with van der Waals surface area (Å²) in [6.07, 6.45) is 3.23. The van der Waals surface area contributed by atoms with Crippen molar-refractivity contribution in [3.05, 3.63) is 35.1 Å². The minimum Gasteiger partial charge on any atom is -0.496 e. The lowest BCUT2D eigenvalue weighted by atomic mass is 9.86. The maximum Gasteiger partial charge on any atom is 0.208 e. The number of hydrogen-bond donors (Lipinski definition) is 0. The molecule has 5 rings (SSSR count). The van der Waals surface area contributed by atoms with E-state index in [4.69, 9.17) is 9.47 Å². The molecule has 1 atom stereocenters. The molecule has 8 heteroatoms. The Bertz CT molecular complexity index is 820. The lowest BCUT2D eigenvalue weighted by molar-refractivity contribution is -0.0195. The van der Waals surface area contributed by atoms with E-state index in [1.807, 2.05) is 6.07 Å². The van der Waals surface area contributed by atoms with Crippen molar-refractivity contribution < 1.29 is 13.9 Å². The van der Waals surface area contributed by atoms with Crippen LogP contribution in [0.15, 0.2) is 23.7 Å². The van der Waals surface area contributed by atoms with Crippen LogP contribution in [0.1, 0.15) is 30.7 Å². The Morgan fingerprint density at radius 1 is 1.29 bits per heavy atom. The number of nitrogens with zero attached hydrogens (tertiary/aromatic N) is 4. The molecule has 4 heterocycles. The smallest absolute Gasteiger partial charge is 0.208 e. The molecule has 0 aliphatic carbocycles. The minimum absolute atomic E-state index is 0.00658. The van der Waals surface area contributed by atoms with Crippen LogP contribution in [-0.4, -0.2) is 66.6 Å². The highest BCUT2D eigenvalue weighted by atomic mass is 32.1. The monoisotopic (exact) mass is 404 g/mol. The van der Waals surface area contributed by atoms with Gasteiger partial charge in [0, 0.05) is 12.1 Å². The number of hydrogen-bond acceptors (Lipinski definition) is 7. The summed E-state index contributed by atoms with van der Waals surface area (Å²) >= 11 is 1.58. The van der Waals surface area contributed by atoms with E-state index in [-0.39, 0.29) is 11.4 Å². The van der Waals surface area contributed by atoms with E-state index in [0.29, 0.717) is 17.7 Å². The van der Waals surface area contributed by atoms with Crippen LogP contribution in [0.4, 0.5) is 9.52 Å². The fourth-order valence-electron chi connectivity index (χ4n) is 4.96. The van der Waals surface area contributed by atoms with Crippen LogP contribution < -0.4 is 9.64 Å². The number of aromatic nitrogens is 2. The molecule has 28 heavy (non-hydrogen) atoms. The van der Waals surface area contributed by atoms with Crippen LogP contribution in [0.3, 0.4) is 0 Å². The van der Waals surface area contributed by atoms with Gasteiger partial charge >= 0.3 is 0 Å². The maximum atomic E-state index is 13.5. The predicted molar refractivity (Wildman–Crippen MR) is 106 cm³/mol. The minimum atomic E-state index is -0.241. The second kappa shape index (κ2) is 7.24. The van der Waals surface area contributed by atoms with Crippen molar-refractivity contribution in [3.8, 4) is 5.75 Å². The van der Waals surface area contributed by atoms with Crippen LogP contribution in [0, 0.1) is 5.82 Å². The molecule has 0 radical (unpaired) electrons. The number of methoxy groups -OCH3 is 1. The van der Waals surface area contributed by atoms with Gasteiger partial charge in [-0.15, -0.1) is 10.2 Å². The number of piperidine rings is 1.